The SMILES string of the molecule is CSCCC(N)C(=O)NC(CC(C)C)C(=O)NC(C)C(=O)NC(CS)C(=O)O. The lowest BCUT2D eigenvalue weighted by atomic mass is 10.0. The zero-order valence-electron chi connectivity index (χ0n) is 16.7. The molecule has 11 heteroatoms. The van der Waals surface area contributed by atoms with Crippen LogP contribution >= 0.6 is 24.4 Å². The van der Waals surface area contributed by atoms with E-state index >= 15 is 0 Å². The van der Waals surface area contributed by atoms with Crippen molar-refractivity contribution in [2.75, 3.05) is 17.8 Å². The fourth-order valence-corrected chi connectivity index (χ4v) is 2.96. The van der Waals surface area contributed by atoms with Crippen LogP contribution < -0.4 is 21.7 Å². The van der Waals surface area contributed by atoms with Gasteiger partial charge in [-0.05, 0) is 37.7 Å². The van der Waals surface area contributed by atoms with Crippen LogP contribution in [0.5, 0.6) is 0 Å². The third kappa shape index (κ3) is 10.2. The van der Waals surface area contributed by atoms with Crippen molar-refractivity contribution in [2.45, 2.75) is 57.8 Å². The molecule has 4 unspecified atom stereocenters. The Bertz CT molecular complexity index is 548. The number of carbonyl (C=O) groups excluding carboxylic acids is 3. The van der Waals surface area contributed by atoms with Gasteiger partial charge in [0.15, 0.2) is 0 Å². The summed E-state index contributed by atoms with van der Waals surface area (Å²) in [7, 11) is 0. The highest BCUT2D eigenvalue weighted by Gasteiger charge is 2.28. The van der Waals surface area contributed by atoms with Gasteiger partial charge in [0.05, 0.1) is 6.04 Å². The predicted molar refractivity (Wildman–Crippen MR) is 113 cm³/mol. The van der Waals surface area contributed by atoms with Crippen molar-refractivity contribution in [2.24, 2.45) is 11.7 Å². The summed E-state index contributed by atoms with van der Waals surface area (Å²) in [5, 5.41) is 16.4. The Morgan fingerprint density at radius 1 is 1.00 bits per heavy atom. The number of amides is 3. The highest BCUT2D eigenvalue weighted by Crippen LogP contribution is 2.07. The van der Waals surface area contributed by atoms with Gasteiger partial charge in [0.1, 0.15) is 18.1 Å². The minimum absolute atomic E-state index is 0.0816. The summed E-state index contributed by atoms with van der Waals surface area (Å²) in [5.41, 5.74) is 5.85. The number of hydrogen-bond donors (Lipinski definition) is 6. The van der Waals surface area contributed by atoms with E-state index in [0.717, 1.165) is 5.75 Å². The molecule has 0 heterocycles. The van der Waals surface area contributed by atoms with E-state index in [1.165, 1.54) is 6.92 Å². The van der Waals surface area contributed by atoms with E-state index in [1.807, 2.05) is 20.1 Å². The molecule has 0 aromatic carbocycles. The van der Waals surface area contributed by atoms with Gasteiger partial charge in [0, 0.05) is 5.75 Å². The Morgan fingerprint density at radius 2 is 1.57 bits per heavy atom. The predicted octanol–water partition coefficient (Wildman–Crippen LogP) is -0.398. The fraction of sp³-hybridized carbons (Fsp3) is 0.765. The Hall–Kier alpha value is -1.46. The van der Waals surface area contributed by atoms with Gasteiger partial charge in [-0.25, -0.2) is 4.79 Å². The summed E-state index contributed by atoms with van der Waals surface area (Å²) in [6.45, 7) is 5.24. The molecule has 0 aliphatic rings. The van der Waals surface area contributed by atoms with E-state index in [9.17, 15) is 19.2 Å². The number of carbonyl (C=O) groups is 4. The van der Waals surface area contributed by atoms with Crippen molar-refractivity contribution < 1.29 is 24.3 Å². The molecule has 28 heavy (non-hydrogen) atoms. The third-order valence-electron chi connectivity index (χ3n) is 3.86. The molecule has 0 aliphatic carbocycles. The number of nitrogens with two attached hydrogens (primary N) is 1. The first-order chi connectivity index (χ1) is 13.0. The first-order valence-corrected chi connectivity index (χ1v) is 11.0. The number of rotatable bonds is 13. The van der Waals surface area contributed by atoms with Crippen molar-refractivity contribution in [1.29, 1.82) is 0 Å². The van der Waals surface area contributed by atoms with Crippen LogP contribution in [0.15, 0.2) is 0 Å². The molecule has 9 nitrogen and oxygen atoms in total. The summed E-state index contributed by atoms with van der Waals surface area (Å²) in [4.78, 5) is 47.9. The number of nitrogens with one attached hydrogen (secondary N) is 3. The zero-order chi connectivity index (χ0) is 21.9. The molecule has 0 fully saturated rings. The van der Waals surface area contributed by atoms with Crippen LogP contribution in [0.25, 0.3) is 0 Å². The van der Waals surface area contributed by atoms with E-state index in [0.29, 0.717) is 12.8 Å². The molecule has 0 bridgehead atoms. The van der Waals surface area contributed by atoms with Crippen molar-refractivity contribution in [3.63, 3.8) is 0 Å². The molecule has 0 aromatic rings. The number of hydrogen-bond acceptors (Lipinski definition) is 7. The lowest BCUT2D eigenvalue weighted by molar-refractivity contribution is -0.141. The Kier molecular flexibility index (Phi) is 13.0. The van der Waals surface area contributed by atoms with E-state index in [2.05, 4.69) is 28.6 Å². The van der Waals surface area contributed by atoms with Crippen LogP contribution in [0, 0.1) is 5.92 Å². The third-order valence-corrected chi connectivity index (χ3v) is 4.87. The number of thioether (sulfide) groups is 1. The summed E-state index contributed by atoms with van der Waals surface area (Å²) < 4.78 is 0. The highest BCUT2D eigenvalue weighted by molar-refractivity contribution is 7.98. The van der Waals surface area contributed by atoms with Gasteiger partial charge in [0.2, 0.25) is 17.7 Å². The van der Waals surface area contributed by atoms with E-state index in [1.54, 1.807) is 11.8 Å². The molecular weight excluding hydrogens is 404 g/mol. The number of carboxylic acid groups (broad SMARTS) is 1. The molecule has 162 valence electrons. The van der Waals surface area contributed by atoms with Gasteiger partial charge in [-0.3, -0.25) is 14.4 Å². The van der Waals surface area contributed by atoms with Crippen molar-refractivity contribution in [1.82, 2.24) is 16.0 Å². The van der Waals surface area contributed by atoms with Gasteiger partial charge in [-0.1, -0.05) is 13.8 Å². The maximum absolute atomic E-state index is 12.6. The minimum Gasteiger partial charge on any atom is -0.480 e. The molecular formula is C17H32N4O5S2. The molecule has 0 spiro atoms. The largest absolute Gasteiger partial charge is 0.480 e. The molecule has 0 saturated carbocycles. The van der Waals surface area contributed by atoms with Gasteiger partial charge < -0.3 is 26.8 Å². The van der Waals surface area contributed by atoms with Crippen LogP contribution in [0.3, 0.4) is 0 Å². The number of aliphatic carboxylic acids is 1. The van der Waals surface area contributed by atoms with Gasteiger partial charge in [0.25, 0.3) is 0 Å². The molecule has 0 aliphatic heterocycles. The second-order valence-electron chi connectivity index (χ2n) is 6.89. The van der Waals surface area contributed by atoms with Gasteiger partial charge in [-0.15, -0.1) is 0 Å². The van der Waals surface area contributed by atoms with Gasteiger partial charge >= 0.3 is 5.97 Å². The van der Waals surface area contributed by atoms with Crippen LogP contribution in [-0.4, -0.2) is 70.7 Å². The minimum atomic E-state index is -1.22. The van der Waals surface area contributed by atoms with E-state index < -0.39 is 47.9 Å². The standard InChI is InChI=1S/C17H32N4O5S2/c1-9(2)7-12(20-15(23)11(18)5-6-28-4)16(24)19-10(3)14(22)21-13(8-27)17(25)26/h9-13,27H,5-8,18H2,1-4H3,(H,19,24)(H,20,23)(H,21,22)(H,25,26). The molecule has 6 N–H and O–H groups in total. The monoisotopic (exact) mass is 436 g/mol. The average molecular weight is 437 g/mol. The second-order valence-corrected chi connectivity index (χ2v) is 8.24. The lowest BCUT2D eigenvalue weighted by Crippen LogP contribution is -2.56. The first-order valence-electron chi connectivity index (χ1n) is 9.02. The first kappa shape index (κ1) is 26.5. The van der Waals surface area contributed by atoms with E-state index in [-0.39, 0.29) is 11.7 Å². The van der Waals surface area contributed by atoms with Crippen LogP contribution in [-0.2, 0) is 19.2 Å². The normalized spacial score (nSPS) is 15.2. The number of carboxylic acids is 1. The topological polar surface area (TPSA) is 151 Å². The van der Waals surface area contributed by atoms with Crippen molar-refractivity contribution in [3.05, 3.63) is 0 Å². The smallest absolute Gasteiger partial charge is 0.327 e. The fourth-order valence-electron chi connectivity index (χ4n) is 2.22. The highest BCUT2D eigenvalue weighted by atomic mass is 32.2. The maximum atomic E-state index is 12.6. The van der Waals surface area contributed by atoms with Crippen LogP contribution in [0.1, 0.15) is 33.6 Å². The van der Waals surface area contributed by atoms with E-state index in [4.69, 9.17) is 10.8 Å². The molecule has 0 rings (SSSR count). The summed E-state index contributed by atoms with van der Waals surface area (Å²) in [5.74, 6) is -2.06. The zero-order valence-corrected chi connectivity index (χ0v) is 18.4. The average Bonchev–Trinajstić information content (AvgIpc) is 2.62. The second kappa shape index (κ2) is 13.7. The molecule has 0 radical (unpaired) electrons. The Labute approximate surface area is 175 Å². The summed E-state index contributed by atoms with van der Waals surface area (Å²) in [6, 6.07) is -3.70. The Morgan fingerprint density at radius 3 is 2.04 bits per heavy atom. The maximum Gasteiger partial charge on any atom is 0.327 e. The molecule has 0 saturated heterocycles. The molecule has 3 amide bonds. The lowest BCUT2D eigenvalue weighted by Gasteiger charge is -2.24. The van der Waals surface area contributed by atoms with Crippen molar-refractivity contribution in [3.8, 4) is 0 Å². The molecule has 0 aromatic heterocycles. The summed E-state index contributed by atoms with van der Waals surface area (Å²) in [6.07, 6.45) is 2.77. The van der Waals surface area contributed by atoms with Gasteiger partial charge in [-0.2, -0.15) is 24.4 Å². The summed E-state index contributed by atoms with van der Waals surface area (Å²) >= 11 is 5.45. The van der Waals surface area contributed by atoms with Crippen molar-refractivity contribution >= 4 is 48.1 Å². The van der Waals surface area contributed by atoms with Crippen LogP contribution in [0.2, 0.25) is 0 Å². The molecule has 4 atom stereocenters. The Balaban J connectivity index is 4.94. The van der Waals surface area contributed by atoms with Crippen LogP contribution in [0.4, 0.5) is 0 Å². The number of thiol groups is 1. The quantitative estimate of drug-likeness (QED) is 0.215.